The maximum atomic E-state index is 15.5. The van der Waals surface area contributed by atoms with Gasteiger partial charge in [-0.1, -0.05) is 31.0 Å². The number of nitrogens with zero attached hydrogens (tertiary/aromatic N) is 1. The summed E-state index contributed by atoms with van der Waals surface area (Å²) in [5, 5.41) is -0.792. The number of ether oxygens (including phenoxy) is 2. The van der Waals surface area contributed by atoms with Crippen LogP contribution in [0.15, 0.2) is 52.4 Å². The van der Waals surface area contributed by atoms with Crippen LogP contribution >= 0.6 is 23.4 Å². The number of methoxy groups -OCH3 is 1. The van der Waals surface area contributed by atoms with Gasteiger partial charge in [0, 0.05) is 21.6 Å². The van der Waals surface area contributed by atoms with Crippen molar-refractivity contribution in [3.8, 4) is 0 Å². The highest BCUT2D eigenvalue weighted by Gasteiger charge is 2.35. The van der Waals surface area contributed by atoms with E-state index in [9.17, 15) is 23.6 Å². The standard InChI is InChI=1S/C29H30ClF2NO6S/c1-4-5-13-39-29(37)21-12-7-6-11-20(21)27(35)33(26(34)18-9-8-10-19(31)14-18)24-16-25(22(30)15-23(24)32)40-17(2)28(36)38-3/h8-10,14-17H,4-7,11-13H2,1-3H3. The molecule has 0 heterocycles. The predicted octanol–water partition coefficient (Wildman–Crippen LogP) is 6.66. The summed E-state index contributed by atoms with van der Waals surface area (Å²) in [7, 11) is 1.22. The number of halogens is 3. The first kappa shape index (κ1) is 31.3. The molecule has 1 aliphatic rings. The molecule has 1 aliphatic carbocycles. The lowest BCUT2D eigenvalue weighted by molar-refractivity contribution is -0.140. The van der Waals surface area contributed by atoms with Crippen LogP contribution < -0.4 is 4.90 Å². The fourth-order valence-corrected chi connectivity index (χ4v) is 5.35. The lowest BCUT2D eigenvalue weighted by Gasteiger charge is -2.27. The average molecular weight is 594 g/mol. The Labute approximate surface area is 240 Å². The number of esters is 2. The molecule has 0 fully saturated rings. The van der Waals surface area contributed by atoms with Crippen LogP contribution in [-0.4, -0.2) is 42.7 Å². The molecule has 0 saturated carbocycles. The number of carbonyl (C=O) groups excluding carboxylic acids is 4. The molecule has 214 valence electrons. The summed E-state index contributed by atoms with van der Waals surface area (Å²) in [5.74, 6) is -4.87. The number of thioether (sulfide) groups is 1. The molecule has 2 amide bonds. The summed E-state index contributed by atoms with van der Waals surface area (Å²) >= 11 is 7.20. The van der Waals surface area contributed by atoms with Gasteiger partial charge in [0.2, 0.25) is 0 Å². The number of hydrogen-bond acceptors (Lipinski definition) is 7. The third kappa shape index (κ3) is 7.48. The Bertz CT molecular complexity index is 1330. The molecule has 1 unspecified atom stereocenters. The molecule has 0 bridgehead atoms. The zero-order valence-corrected chi connectivity index (χ0v) is 24.0. The Hall–Kier alpha value is -3.24. The Balaban J connectivity index is 2.15. The minimum atomic E-state index is -1.00. The van der Waals surface area contributed by atoms with Gasteiger partial charge in [0.25, 0.3) is 11.8 Å². The van der Waals surface area contributed by atoms with E-state index >= 15 is 4.39 Å². The highest BCUT2D eigenvalue weighted by atomic mass is 35.5. The Morgan fingerprint density at radius 3 is 2.40 bits per heavy atom. The second-order valence-corrected chi connectivity index (χ2v) is 10.9. The monoisotopic (exact) mass is 593 g/mol. The number of unbranched alkanes of at least 4 members (excludes halogenated alkanes) is 1. The summed E-state index contributed by atoms with van der Waals surface area (Å²) in [4.78, 5) is 53.4. The van der Waals surface area contributed by atoms with Crippen LogP contribution in [0.3, 0.4) is 0 Å². The molecule has 0 radical (unpaired) electrons. The summed E-state index contributed by atoms with van der Waals surface area (Å²) < 4.78 is 39.6. The van der Waals surface area contributed by atoms with Crippen LogP contribution in [0.1, 0.15) is 62.7 Å². The molecule has 0 spiro atoms. The van der Waals surface area contributed by atoms with Gasteiger partial charge >= 0.3 is 11.9 Å². The van der Waals surface area contributed by atoms with E-state index in [2.05, 4.69) is 0 Å². The van der Waals surface area contributed by atoms with Gasteiger partial charge in [0.15, 0.2) is 0 Å². The normalized spacial score (nSPS) is 13.9. The van der Waals surface area contributed by atoms with E-state index in [0.717, 1.165) is 36.4 Å². The summed E-state index contributed by atoms with van der Waals surface area (Å²) in [6.07, 6.45) is 3.07. The number of imide groups is 1. The first-order chi connectivity index (χ1) is 19.1. The molecule has 0 saturated heterocycles. The van der Waals surface area contributed by atoms with Crippen molar-refractivity contribution in [1.29, 1.82) is 0 Å². The van der Waals surface area contributed by atoms with Crippen molar-refractivity contribution in [3.63, 3.8) is 0 Å². The molecule has 0 N–H and O–H groups in total. The molecular formula is C29H30ClF2NO6S. The number of benzene rings is 2. The fourth-order valence-electron chi connectivity index (χ4n) is 4.14. The number of hydrogen-bond donors (Lipinski definition) is 0. The van der Waals surface area contributed by atoms with Gasteiger partial charge in [0.05, 0.1) is 24.4 Å². The highest BCUT2D eigenvalue weighted by Crippen LogP contribution is 2.38. The van der Waals surface area contributed by atoms with Gasteiger partial charge in [-0.2, -0.15) is 0 Å². The number of rotatable bonds is 10. The molecule has 1 atom stereocenters. The van der Waals surface area contributed by atoms with Crippen molar-refractivity contribution in [3.05, 3.63) is 69.8 Å². The van der Waals surface area contributed by atoms with E-state index in [1.54, 1.807) is 6.92 Å². The van der Waals surface area contributed by atoms with Crippen LogP contribution in [0.5, 0.6) is 0 Å². The Morgan fingerprint density at radius 1 is 1.05 bits per heavy atom. The van der Waals surface area contributed by atoms with E-state index in [1.165, 1.54) is 25.3 Å². The molecule has 0 aliphatic heterocycles. The van der Waals surface area contributed by atoms with Gasteiger partial charge in [-0.25, -0.2) is 18.5 Å². The molecular weight excluding hydrogens is 564 g/mol. The largest absolute Gasteiger partial charge is 0.468 e. The van der Waals surface area contributed by atoms with Gasteiger partial charge in [-0.3, -0.25) is 14.4 Å². The minimum Gasteiger partial charge on any atom is -0.468 e. The van der Waals surface area contributed by atoms with Gasteiger partial charge in [0.1, 0.15) is 16.9 Å². The third-order valence-electron chi connectivity index (χ3n) is 6.26. The summed E-state index contributed by atoms with van der Waals surface area (Å²) in [6.45, 7) is 3.68. The van der Waals surface area contributed by atoms with Crippen LogP contribution in [0.25, 0.3) is 0 Å². The number of anilines is 1. The lowest BCUT2D eigenvalue weighted by Crippen LogP contribution is -2.40. The molecule has 2 aromatic carbocycles. The molecule has 7 nitrogen and oxygen atoms in total. The predicted molar refractivity (Wildman–Crippen MR) is 148 cm³/mol. The molecule has 11 heteroatoms. The van der Waals surface area contributed by atoms with Crippen molar-refractivity contribution < 1.29 is 37.4 Å². The summed E-state index contributed by atoms with van der Waals surface area (Å²) in [5.41, 5.74) is -0.500. The molecule has 0 aromatic heterocycles. The average Bonchev–Trinajstić information content (AvgIpc) is 2.94. The maximum Gasteiger partial charge on any atom is 0.334 e. The first-order valence-electron chi connectivity index (χ1n) is 12.9. The van der Waals surface area contributed by atoms with E-state index in [-0.39, 0.29) is 46.1 Å². The van der Waals surface area contributed by atoms with Crippen molar-refractivity contribution >= 4 is 52.8 Å². The summed E-state index contributed by atoms with van der Waals surface area (Å²) in [6, 6.07) is 6.75. The van der Waals surface area contributed by atoms with Crippen LogP contribution in [0, 0.1) is 11.6 Å². The molecule has 3 rings (SSSR count). The van der Waals surface area contributed by atoms with Gasteiger partial charge < -0.3 is 9.47 Å². The Kier molecular flexibility index (Phi) is 11.3. The molecule has 40 heavy (non-hydrogen) atoms. The van der Waals surface area contributed by atoms with Crippen LogP contribution in [-0.2, 0) is 23.9 Å². The SMILES string of the molecule is CCCCOC(=O)C1=C(C(=O)N(C(=O)c2cccc(F)c2)c2cc(SC(C)C(=O)OC)c(Cl)cc2F)CCCC1. The zero-order chi connectivity index (χ0) is 29.4. The van der Waals surface area contributed by atoms with E-state index in [0.29, 0.717) is 24.2 Å². The quantitative estimate of drug-likeness (QED) is 0.132. The maximum absolute atomic E-state index is 15.5. The number of amides is 2. The highest BCUT2D eigenvalue weighted by molar-refractivity contribution is 8.00. The Morgan fingerprint density at radius 2 is 1.75 bits per heavy atom. The topological polar surface area (TPSA) is 90.0 Å². The van der Waals surface area contributed by atoms with Crippen molar-refractivity contribution in [2.75, 3.05) is 18.6 Å². The van der Waals surface area contributed by atoms with Crippen LogP contribution in [0.2, 0.25) is 5.02 Å². The van der Waals surface area contributed by atoms with Crippen molar-refractivity contribution in [1.82, 2.24) is 0 Å². The number of carbonyl (C=O) groups is 4. The van der Waals surface area contributed by atoms with Crippen molar-refractivity contribution in [2.45, 2.75) is 62.5 Å². The van der Waals surface area contributed by atoms with E-state index < -0.39 is 46.3 Å². The second kappa shape index (κ2) is 14.4. The lowest BCUT2D eigenvalue weighted by atomic mass is 9.90. The van der Waals surface area contributed by atoms with Gasteiger partial charge in [-0.15, -0.1) is 11.8 Å². The zero-order valence-electron chi connectivity index (χ0n) is 22.4. The van der Waals surface area contributed by atoms with Crippen molar-refractivity contribution in [2.24, 2.45) is 0 Å². The van der Waals surface area contributed by atoms with E-state index in [1.807, 2.05) is 6.92 Å². The minimum absolute atomic E-state index is 0.0315. The first-order valence-corrected chi connectivity index (χ1v) is 14.1. The van der Waals surface area contributed by atoms with Gasteiger partial charge in [-0.05, 0) is 69.4 Å². The smallest absolute Gasteiger partial charge is 0.334 e. The van der Waals surface area contributed by atoms with Crippen LogP contribution in [0.4, 0.5) is 14.5 Å². The fraction of sp³-hybridized carbons (Fsp3) is 0.379. The second-order valence-electron chi connectivity index (χ2n) is 9.13. The molecule has 2 aromatic rings. The third-order valence-corrected chi connectivity index (χ3v) is 7.82. The van der Waals surface area contributed by atoms with E-state index in [4.69, 9.17) is 21.1 Å².